The van der Waals surface area contributed by atoms with Gasteiger partial charge in [0.1, 0.15) is 6.26 Å². The number of furan rings is 1. The highest BCUT2D eigenvalue weighted by Crippen LogP contribution is 2.45. The highest BCUT2D eigenvalue weighted by molar-refractivity contribution is 6.06. The summed E-state index contributed by atoms with van der Waals surface area (Å²) in [6.45, 7) is 7.01. The molecule has 0 spiro atoms. The van der Waals surface area contributed by atoms with E-state index in [1.807, 2.05) is 24.3 Å². The van der Waals surface area contributed by atoms with Crippen LogP contribution in [0.1, 0.15) is 53.2 Å². The minimum Gasteiger partial charge on any atom is -0.478 e. The lowest BCUT2D eigenvalue weighted by molar-refractivity contribution is 0.0696. The second kappa shape index (κ2) is 5.26. The zero-order chi connectivity index (χ0) is 16.8. The maximum Gasteiger partial charge on any atom is 0.338 e. The number of rotatable bonds is 2. The van der Waals surface area contributed by atoms with Gasteiger partial charge in [-0.25, -0.2) is 4.79 Å². The molecule has 3 rings (SSSR count). The number of nitrogens with zero attached hydrogens (tertiary/aromatic N) is 1. The Labute approximate surface area is 134 Å². The Morgan fingerprint density at radius 2 is 1.96 bits per heavy atom. The van der Waals surface area contributed by atoms with Crippen molar-refractivity contribution in [2.24, 2.45) is 5.41 Å². The molecule has 2 heterocycles. The van der Waals surface area contributed by atoms with Crippen LogP contribution in [0.15, 0.2) is 41.0 Å². The first-order valence-corrected chi connectivity index (χ1v) is 7.51. The lowest BCUT2D eigenvalue weighted by Gasteiger charge is -2.27. The second-order valence-electron chi connectivity index (χ2n) is 6.90. The lowest BCUT2D eigenvalue weighted by atomic mass is 9.78. The summed E-state index contributed by atoms with van der Waals surface area (Å²) in [4.78, 5) is 25.4. The van der Waals surface area contributed by atoms with Crippen LogP contribution < -0.4 is 4.90 Å². The average molecular weight is 313 g/mol. The quantitative estimate of drug-likeness (QED) is 0.916. The van der Waals surface area contributed by atoms with Gasteiger partial charge in [-0.1, -0.05) is 39.0 Å². The van der Waals surface area contributed by atoms with Crippen molar-refractivity contribution in [3.63, 3.8) is 0 Å². The Bertz CT molecular complexity index is 769. The number of carboxylic acids is 1. The fraction of sp³-hybridized carbons (Fsp3) is 0.333. The van der Waals surface area contributed by atoms with E-state index in [4.69, 9.17) is 9.52 Å². The van der Waals surface area contributed by atoms with Crippen molar-refractivity contribution in [2.45, 2.75) is 26.7 Å². The van der Waals surface area contributed by atoms with Crippen LogP contribution >= 0.6 is 0 Å². The smallest absolute Gasteiger partial charge is 0.338 e. The molecule has 0 aliphatic carbocycles. The van der Waals surface area contributed by atoms with E-state index in [2.05, 4.69) is 20.8 Å². The third kappa shape index (κ3) is 2.63. The van der Waals surface area contributed by atoms with Crippen LogP contribution in [0, 0.1) is 5.41 Å². The number of hydrogen-bond acceptors (Lipinski definition) is 3. The molecule has 0 saturated carbocycles. The molecule has 1 amide bonds. The van der Waals surface area contributed by atoms with E-state index in [1.54, 1.807) is 4.90 Å². The highest BCUT2D eigenvalue weighted by atomic mass is 16.4. The van der Waals surface area contributed by atoms with Crippen LogP contribution in [0.4, 0.5) is 5.69 Å². The van der Waals surface area contributed by atoms with Gasteiger partial charge < -0.3 is 14.4 Å². The molecule has 120 valence electrons. The minimum atomic E-state index is -1.11. The van der Waals surface area contributed by atoms with Crippen molar-refractivity contribution in [3.05, 3.63) is 53.5 Å². The normalized spacial score (nSPS) is 17.2. The topological polar surface area (TPSA) is 70.8 Å². The van der Waals surface area contributed by atoms with Crippen LogP contribution in [0.5, 0.6) is 0 Å². The van der Waals surface area contributed by atoms with Crippen LogP contribution in [0.25, 0.3) is 0 Å². The number of amides is 1. The molecule has 23 heavy (non-hydrogen) atoms. The summed E-state index contributed by atoms with van der Waals surface area (Å²) >= 11 is 0. The zero-order valence-corrected chi connectivity index (χ0v) is 13.4. The molecular formula is C18H19NO4. The molecule has 5 nitrogen and oxygen atoms in total. The zero-order valence-electron chi connectivity index (χ0n) is 13.4. The predicted octanol–water partition coefficient (Wildman–Crippen LogP) is 3.77. The Hall–Kier alpha value is -2.56. The van der Waals surface area contributed by atoms with Gasteiger partial charge in [0.2, 0.25) is 0 Å². The SMILES string of the molecule is CC(C)(C)C1CN(C(=O)c2cc(C(=O)O)co2)c2ccccc21. The van der Waals surface area contributed by atoms with Gasteiger partial charge >= 0.3 is 5.97 Å². The number of fused-ring (bicyclic) bond motifs is 1. The van der Waals surface area contributed by atoms with Crippen LogP contribution in [0.3, 0.4) is 0 Å². The van der Waals surface area contributed by atoms with Crippen LogP contribution in [-0.2, 0) is 0 Å². The van der Waals surface area contributed by atoms with E-state index >= 15 is 0 Å². The molecule has 1 N–H and O–H groups in total. The van der Waals surface area contributed by atoms with E-state index < -0.39 is 5.97 Å². The molecule has 5 heteroatoms. The van der Waals surface area contributed by atoms with Crippen LogP contribution in [0.2, 0.25) is 0 Å². The van der Waals surface area contributed by atoms with E-state index in [0.717, 1.165) is 17.5 Å². The van der Waals surface area contributed by atoms with E-state index in [-0.39, 0.29) is 28.6 Å². The summed E-state index contributed by atoms with van der Waals surface area (Å²) < 4.78 is 5.16. The molecule has 0 bridgehead atoms. The molecular weight excluding hydrogens is 294 g/mol. The fourth-order valence-corrected chi connectivity index (χ4v) is 3.03. The second-order valence-corrected chi connectivity index (χ2v) is 6.90. The van der Waals surface area contributed by atoms with Gasteiger partial charge in [0.15, 0.2) is 5.76 Å². The predicted molar refractivity (Wildman–Crippen MR) is 86.0 cm³/mol. The number of carboxylic acid groups (broad SMARTS) is 1. The summed E-state index contributed by atoms with van der Waals surface area (Å²) in [5, 5.41) is 8.97. The van der Waals surface area contributed by atoms with Crippen LogP contribution in [-0.4, -0.2) is 23.5 Å². The van der Waals surface area contributed by atoms with Crippen molar-refractivity contribution in [2.75, 3.05) is 11.4 Å². The average Bonchev–Trinajstić information content (AvgIpc) is 3.11. The molecule has 1 unspecified atom stereocenters. The molecule has 1 atom stereocenters. The molecule has 0 radical (unpaired) electrons. The summed E-state index contributed by atoms with van der Waals surface area (Å²) in [6.07, 6.45) is 1.10. The van der Waals surface area contributed by atoms with Crippen molar-refractivity contribution in [3.8, 4) is 0 Å². The van der Waals surface area contributed by atoms with Gasteiger partial charge in [-0.05, 0) is 17.0 Å². The van der Waals surface area contributed by atoms with E-state index in [9.17, 15) is 9.59 Å². The lowest BCUT2D eigenvalue weighted by Crippen LogP contribution is -2.32. The number of benzene rings is 1. The number of anilines is 1. The maximum atomic E-state index is 12.8. The standard InChI is InChI=1S/C18H19NO4/c1-18(2,3)13-9-19(14-7-5-4-6-12(13)14)16(20)15-8-11(10-23-15)17(21)22/h4-8,10,13H,9H2,1-3H3,(H,21,22). The first kappa shape index (κ1) is 15.3. The maximum absolute atomic E-state index is 12.8. The molecule has 0 saturated heterocycles. The summed E-state index contributed by atoms with van der Waals surface area (Å²) in [5.41, 5.74) is 2.00. The Morgan fingerprint density at radius 3 is 2.57 bits per heavy atom. The van der Waals surface area contributed by atoms with Gasteiger partial charge in [-0.2, -0.15) is 0 Å². The van der Waals surface area contributed by atoms with Crippen molar-refractivity contribution in [1.82, 2.24) is 0 Å². The monoisotopic (exact) mass is 313 g/mol. The Morgan fingerprint density at radius 1 is 1.26 bits per heavy atom. The summed E-state index contributed by atoms with van der Waals surface area (Å²) in [6, 6.07) is 9.11. The first-order chi connectivity index (χ1) is 10.8. The number of aromatic carboxylic acids is 1. The van der Waals surface area contributed by atoms with Gasteiger partial charge in [-0.15, -0.1) is 0 Å². The van der Waals surface area contributed by atoms with Crippen molar-refractivity contribution in [1.29, 1.82) is 0 Å². The largest absolute Gasteiger partial charge is 0.478 e. The minimum absolute atomic E-state index is 0.0144. The molecule has 1 aliphatic heterocycles. The van der Waals surface area contributed by atoms with Gasteiger partial charge in [-0.3, -0.25) is 4.79 Å². The fourth-order valence-electron chi connectivity index (χ4n) is 3.03. The highest BCUT2D eigenvalue weighted by Gasteiger charge is 2.39. The van der Waals surface area contributed by atoms with Gasteiger partial charge in [0.05, 0.1) is 5.56 Å². The van der Waals surface area contributed by atoms with Gasteiger partial charge in [0, 0.05) is 24.2 Å². The third-order valence-electron chi connectivity index (χ3n) is 4.32. The van der Waals surface area contributed by atoms with Crippen molar-refractivity contribution < 1.29 is 19.1 Å². The molecule has 1 aromatic carbocycles. The first-order valence-electron chi connectivity index (χ1n) is 7.51. The number of hydrogen-bond donors (Lipinski definition) is 1. The summed E-state index contributed by atoms with van der Waals surface area (Å²) in [5.74, 6) is -1.15. The Kier molecular flexibility index (Phi) is 3.51. The Balaban J connectivity index is 1.97. The molecule has 0 fully saturated rings. The van der Waals surface area contributed by atoms with Gasteiger partial charge in [0.25, 0.3) is 5.91 Å². The molecule has 1 aromatic heterocycles. The number of carbonyl (C=O) groups excluding carboxylic acids is 1. The third-order valence-corrected chi connectivity index (χ3v) is 4.32. The number of para-hydroxylation sites is 1. The number of carbonyl (C=O) groups is 2. The van der Waals surface area contributed by atoms with Crippen molar-refractivity contribution >= 4 is 17.6 Å². The van der Waals surface area contributed by atoms with E-state index in [1.165, 1.54) is 6.07 Å². The van der Waals surface area contributed by atoms with E-state index in [0.29, 0.717) is 6.54 Å². The summed E-state index contributed by atoms with van der Waals surface area (Å²) in [7, 11) is 0. The molecule has 2 aromatic rings. The molecule has 1 aliphatic rings.